The molecule has 0 saturated heterocycles. The molecule has 2 N–H and O–H groups in total. The molecule has 6 nitrogen and oxygen atoms in total. The van der Waals surface area contributed by atoms with E-state index in [1.807, 2.05) is 18.2 Å². The maximum absolute atomic E-state index is 11.0. The number of fused-ring (bicyclic) bond motifs is 1. The van der Waals surface area contributed by atoms with E-state index in [-0.39, 0.29) is 11.7 Å². The lowest BCUT2D eigenvalue weighted by Gasteiger charge is -2.42. The average Bonchev–Trinajstić information content (AvgIpc) is 2.58. The van der Waals surface area contributed by atoms with Gasteiger partial charge in [-0.25, -0.2) is 0 Å². The number of hydrogen-bond acceptors (Lipinski definition) is 5. The van der Waals surface area contributed by atoms with Crippen molar-refractivity contribution < 1.29 is 14.8 Å². The molecule has 25 heavy (non-hydrogen) atoms. The van der Waals surface area contributed by atoms with Gasteiger partial charge in [0.15, 0.2) is 0 Å². The van der Waals surface area contributed by atoms with Crippen LogP contribution in [0.4, 0.5) is 5.69 Å². The summed E-state index contributed by atoms with van der Waals surface area (Å²) >= 11 is 0. The molecule has 132 valence electrons. The molecule has 1 aliphatic heterocycles. The molecule has 0 spiro atoms. The van der Waals surface area contributed by atoms with Crippen molar-refractivity contribution in [3.63, 3.8) is 0 Å². The monoisotopic (exact) mass is 342 g/mol. The van der Waals surface area contributed by atoms with E-state index in [1.165, 1.54) is 17.7 Å². The van der Waals surface area contributed by atoms with Crippen LogP contribution in [0.1, 0.15) is 31.0 Å². The van der Waals surface area contributed by atoms with Crippen LogP contribution in [0.2, 0.25) is 0 Å². The molecule has 0 radical (unpaired) electrons. The largest absolute Gasteiger partial charge is 0.484 e. The Morgan fingerprint density at radius 3 is 2.64 bits per heavy atom. The van der Waals surface area contributed by atoms with Crippen LogP contribution < -0.4 is 10.1 Å². The Kier molecular flexibility index (Phi) is 4.74. The molecule has 0 unspecified atom stereocenters. The third-order valence-electron chi connectivity index (χ3n) is 4.56. The van der Waals surface area contributed by atoms with Crippen molar-refractivity contribution in [3.05, 3.63) is 69.8 Å². The SMILES string of the molecule is CC1(C)Oc2cc([N+](=O)[O-])ccc2[C@H](NCCc2ccccc2)[C@H]1O. The zero-order valence-corrected chi connectivity index (χ0v) is 14.3. The molecule has 0 aliphatic carbocycles. The van der Waals surface area contributed by atoms with E-state index in [9.17, 15) is 15.2 Å². The van der Waals surface area contributed by atoms with Gasteiger partial charge in [0.05, 0.1) is 17.0 Å². The Bertz CT molecular complexity index is 761. The van der Waals surface area contributed by atoms with Crippen LogP contribution in [0.25, 0.3) is 0 Å². The number of ether oxygens (including phenoxy) is 1. The second kappa shape index (κ2) is 6.82. The lowest BCUT2D eigenvalue weighted by Crippen LogP contribution is -2.52. The van der Waals surface area contributed by atoms with Gasteiger partial charge < -0.3 is 15.2 Å². The summed E-state index contributed by atoms with van der Waals surface area (Å²) in [6.45, 7) is 4.24. The second-order valence-electron chi connectivity index (χ2n) is 6.80. The van der Waals surface area contributed by atoms with Crippen LogP contribution in [0.5, 0.6) is 5.75 Å². The number of nitrogens with one attached hydrogen (secondary N) is 1. The van der Waals surface area contributed by atoms with Gasteiger partial charge in [-0.2, -0.15) is 0 Å². The first-order valence-electron chi connectivity index (χ1n) is 8.31. The van der Waals surface area contributed by atoms with E-state index >= 15 is 0 Å². The van der Waals surface area contributed by atoms with E-state index in [1.54, 1.807) is 19.9 Å². The molecule has 6 heteroatoms. The Labute approximate surface area is 146 Å². The number of aliphatic hydroxyl groups excluding tert-OH is 1. The first kappa shape index (κ1) is 17.4. The molecule has 0 fully saturated rings. The van der Waals surface area contributed by atoms with Gasteiger partial charge >= 0.3 is 0 Å². The van der Waals surface area contributed by atoms with Crippen molar-refractivity contribution >= 4 is 5.69 Å². The van der Waals surface area contributed by atoms with Gasteiger partial charge in [-0.05, 0) is 38.4 Å². The fraction of sp³-hybridized carbons (Fsp3) is 0.368. The van der Waals surface area contributed by atoms with E-state index in [4.69, 9.17) is 4.74 Å². The minimum absolute atomic E-state index is 0.0195. The lowest BCUT2D eigenvalue weighted by molar-refractivity contribution is -0.385. The zero-order chi connectivity index (χ0) is 18.0. The van der Waals surface area contributed by atoms with Crippen LogP contribution in [-0.4, -0.2) is 28.3 Å². The summed E-state index contributed by atoms with van der Waals surface area (Å²) in [5.41, 5.74) is 1.09. The highest BCUT2D eigenvalue weighted by Gasteiger charge is 2.43. The van der Waals surface area contributed by atoms with Crippen LogP contribution in [-0.2, 0) is 6.42 Å². The average molecular weight is 342 g/mol. The highest BCUT2D eigenvalue weighted by atomic mass is 16.6. The van der Waals surface area contributed by atoms with Gasteiger partial charge in [0, 0.05) is 11.6 Å². The smallest absolute Gasteiger partial charge is 0.273 e. The summed E-state index contributed by atoms with van der Waals surface area (Å²) in [6.07, 6.45) is 0.0606. The summed E-state index contributed by atoms with van der Waals surface area (Å²) in [4.78, 5) is 10.6. The van der Waals surface area contributed by atoms with Gasteiger partial charge in [0.25, 0.3) is 5.69 Å². The van der Waals surface area contributed by atoms with Gasteiger partial charge in [-0.1, -0.05) is 30.3 Å². The number of non-ortho nitro benzene ring substituents is 1. The number of rotatable bonds is 5. The van der Waals surface area contributed by atoms with Crippen molar-refractivity contribution in [2.75, 3.05) is 6.54 Å². The Morgan fingerprint density at radius 2 is 1.96 bits per heavy atom. The highest BCUT2D eigenvalue weighted by molar-refractivity contribution is 5.48. The molecule has 0 amide bonds. The maximum atomic E-state index is 11.0. The van der Waals surface area contributed by atoms with Crippen molar-refractivity contribution in [1.29, 1.82) is 0 Å². The van der Waals surface area contributed by atoms with E-state index in [0.717, 1.165) is 12.0 Å². The second-order valence-corrected chi connectivity index (χ2v) is 6.80. The van der Waals surface area contributed by atoms with Crippen LogP contribution in [0.3, 0.4) is 0 Å². The van der Waals surface area contributed by atoms with Gasteiger partial charge in [-0.3, -0.25) is 10.1 Å². The minimum atomic E-state index is -0.841. The molecule has 3 rings (SSSR count). The molecule has 1 aliphatic rings. The minimum Gasteiger partial charge on any atom is -0.484 e. The summed E-state index contributed by atoms with van der Waals surface area (Å²) in [6, 6.07) is 14.3. The number of benzene rings is 2. The first-order valence-corrected chi connectivity index (χ1v) is 8.31. The van der Waals surface area contributed by atoms with Crippen molar-refractivity contribution in [2.45, 2.75) is 38.0 Å². The van der Waals surface area contributed by atoms with Crippen molar-refractivity contribution in [3.8, 4) is 5.75 Å². The first-order chi connectivity index (χ1) is 11.9. The summed E-state index contributed by atoms with van der Waals surface area (Å²) in [5.74, 6) is 0.446. The molecule has 0 bridgehead atoms. The lowest BCUT2D eigenvalue weighted by atomic mass is 9.86. The third-order valence-corrected chi connectivity index (χ3v) is 4.56. The fourth-order valence-corrected chi connectivity index (χ4v) is 3.14. The summed E-state index contributed by atoms with van der Waals surface area (Å²) < 4.78 is 5.82. The number of aliphatic hydroxyl groups is 1. The number of nitro groups is 1. The molecule has 2 aromatic carbocycles. The van der Waals surface area contributed by atoms with E-state index < -0.39 is 16.6 Å². The normalized spacial score (nSPS) is 21.2. The molecular formula is C19H22N2O4. The van der Waals surface area contributed by atoms with Crippen molar-refractivity contribution in [1.82, 2.24) is 5.32 Å². The van der Waals surface area contributed by atoms with Crippen LogP contribution >= 0.6 is 0 Å². The van der Waals surface area contributed by atoms with E-state index in [0.29, 0.717) is 12.3 Å². The van der Waals surface area contributed by atoms with Crippen LogP contribution in [0.15, 0.2) is 48.5 Å². The summed E-state index contributed by atoms with van der Waals surface area (Å²) in [5, 5.41) is 25.1. The van der Waals surface area contributed by atoms with Crippen molar-refractivity contribution in [2.24, 2.45) is 0 Å². The maximum Gasteiger partial charge on any atom is 0.273 e. The molecule has 1 heterocycles. The Morgan fingerprint density at radius 1 is 1.24 bits per heavy atom. The molecule has 2 aromatic rings. The number of hydrogen-bond donors (Lipinski definition) is 2. The predicted octanol–water partition coefficient (Wildman–Crippen LogP) is 3.00. The van der Waals surface area contributed by atoms with Gasteiger partial charge in [0.1, 0.15) is 17.5 Å². The highest BCUT2D eigenvalue weighted by Crippen LogP contribution is 2.41. The topological polar surface area (TPSA) is 84.6 Å². The number of nitrogens with zero attached hydrogens (tertiary/aromatic N) is 1. The number of nitro benzene ring substituents is 1. The van der Waals surface area contributed by atoms with Crippen LogP contribution in [0, 0.1) is 10.1 Å². The van der Waals surface area contributed by atoms with E-state index in [2.05, 4.69) is 17.4 Å². The fourth-order valence-electron chi connectivity index (χ4n) is 3.14. The van der Waals surface area contributed by atoms with Gasteiger partial charge in [-0.15, -0.1) is 0 Å². The molecular weight excluding hydrogens is 320 g/mol. The Balaban J connectivity index is 1.81. The Hall–Kier alpha value is -2.44. The third kappa shape index (κ3) is 3.65. The predicted molar refractivity (Wildman–Crippen MR) is 94.7 cm³/mol. The standard InChI is InChI=1S/C19H22N2O4/c1-19(2)18(22)17(20-11-10-13-6-4-3-5-7-13)15-9-8-14(21(23)24)12-16(15)25-19/h3-9,12,17-18,20,22H,10-11H2,1-2H3/t17-,18+/m0/s1. The quantitative estimate of drug-likeness (QED) is 0.644. The molecule has 2 atom stereocenters. The summed E-state index contributed by atoms with van der Waals surface area (Å²) in [7, 11) is 0. The molecule has 0 saturated carbocycles. The van der Waals surface area contributed by atoms with Gasteiger partial charge in [0.2, 0.25) is 0 Å². The molecule has 0 aromatic heterocycles. The zero-order valence-electron chi connectivity index (χ0n) is 14.3.